The number of hydrogen-bond acceptors (Lipinski definition) is 3. The lowest BCUT2D eigenvalue weighted by atomic mass is 10.1. The van der Waals surface area contributed by atoms with E-state index in [9.17, 15) is 4.79 Å². The summed E-state index contributed by atoms with van der Waals surface area (Å²) in [5, 5.41) is 6.14. The fraction of sp³-hybridized carbons (Fsp3) is 0.923. The van der Waals surface area contributed by atoms with Crippen LogP contribution in [0.2, 0.25) is 0 Å². The van der Waals surface area contributed by atoms with Crippen LogP contribution in [0.15, 0.2) is 0 Å². The molecule has 1 aliphatic rings. The van der Waals surface area contributed by atoms with Gasteiger partial charge in [-0.15, -0.1) is 0 Å². The molecular weight excluding hydrogens is 216 g/mol. The summed E-state index contributed by atoms with van der Waals surface area (Å²) in [5.41, 5.74) is 0. The lowest BCUT2D eigenvalue weighted by molar-refractivity contribution is -0.122. The van der Waals surface area contributed by atoms with Gasteiger partial charge in [-0.2, -0.15) is 0 Å². The fourth-order valence-corrected chi connectivity index (χ4v) is 1.42. The average molecular weight is 242 g/mol. The first kappa shape index (κ1) is 14.5. The van der Waals surface area contributed by atoms with Crippen molar-refractivity contribution in [1.82, 2.24) is 10.6 Å². The van der Waals surface area contributed by atoms with Gasteiger partial charge >= 0.3 is 0 Å². The van der Waals surface area contributed by atoms with Gasteiger partial charge < -0.3 is 15.4 Å². The van der Waals surface area contributed by atoms with Gasteiger partial charge in [-0.25, -0.2) is 0 Å². The zero-order chi connectivity index (χ0) is 12.7. The molecule has 1 unspecified atom stereocenters. The van der Waals surface area contributed by atoms with Crippen LogP contribution in [0.25, 0.3) is 0 Å². The summed E-state index contributed by atoms with van der Waals surface area (Å²) in [6.07, 6.45) is 3.37. The largest absolute Gasteiger partial charge is 0.380 e. The highest BCUT2D eigenvalue weighted by atomic mass is 16.5. The van der Waals surface area contributed by atoms with Gasteiger partial charge in [0.25, 0.3) is 0 Å². The standard InChI is InChI=1S/C13H26N2O2/c1-10(2)6-8-17-9-7-14-11(3)13(16)15-12-4-5-12/h10-12,14H,4-9H2,1-3H3,(H,15,16). The van der Waals surface area contributed by atoms with Crippen LogP contribution < -0.4 is 10.6 Å². The molecule has 17 heavy (non-hydrogen) atoms. The SMILES string of the molecule is CC(C)CCOCCNC(C)C(=O)NC1CC1. The topological polar surface area (TPSA) is 50.4 Å². The maximum Gasteiger partial charge on any atom is 0.237 e. The number of amides is 1. The molecule has 1 rings (SSSR count). The summed E-state index contributed by atoms with van der Waals surface area (Å²) >= 11 is 0. The highest BCUT2D eigenvalue weighted by Crippen LogP contribution is 2.18. The van der Waals surface area contributed by atoms with Crippen molar-refractivity contribution in [2.45, 2.75) is 52.1 Å². The van der Waals surface area contributed by atoms with E-state index in [0.29, 0.717) is 18.6 Å². The molecule has 0 aromatic rings. The lowest BCUT2D eigenvalue weighted by Gasteiger charge is -2.14. The van der Waals surface area contributed by atoms with E-state index in [1.54, 1.807) is 0 Å². The van der Waals surface area contributed by atoms with Crippen molar-refractivity contribution in [1.29, 1.82) is 0 Å². The predicted molar refractivity (Wildman–Crippen MR) is 68.9 cm³/mol. The predicted octanol–water partition coefficient (Wildman–Crippen LogP) is 1.31. The Kier molecular flexibility index (Phi) is 6.52. The van der Waals surface area contributed by atoms with Gasteiger partial charge in [0.15, 0.2) is 0 Å². The number of carbonyl (C=O) groups excluding carboxylic acids is 1. The van der Waals surface area contributed by atoms with E-state index in [1.165, 1.54) is 0 Å². The molecule has 4 heteroatoms. The van der Waals surface area contributed by atoms with Gasteiger partial charge in [0.1, 0.15) is 0 Å². The first-order valence-corrected chi connectivity index (χ1v) is 6.71. The first-order chi connectivity index (χ1) is 8.09. The van der Waals surface area contributed by atoms with Crippen LogP contribution >= 0.6 is 0 Å². The second kappa shape index (κ2) is 7.67. The maximum absolute atomic E-state index is 11.6. The molecule has 1 saturated carbocycles. The highest BCUT2D eigenvalue weighted by Gasteiger charge is 2.25. The minimum atomic E-state index is -0.121. The Hall–Kier alpha value is -0.610. The molecule has 2 N–H and O–H groups in total. The van der Waals surface area contributed by atoms with Gasteiger partial charge in [-0.3, -0.25) is 4.79 Å². The third kappa shape index (κ3) is 7.34. The third-order valence-corrected chi connectivity index (χ3v) is 2.85. The summed E-state index contributed by atoms with van der Waals surface area (Å²) in [6, 6.07) is 0.318. The van der Waals surface area contributed by atoms with E-state index < -0.39 is 0 Å². The molecule has 4 nitrogen and oxygen atoms in total. The van der Waals surface area contributed by atoms with Crippen molar-refractivity contribution in [3.63, 3.8) is 0 Å². The van der Waals surface area contributed by atoms with E-state index in [1.807, 2.05) is 6.92 Å². The Bertz CT molecular complexity index is 227. The summed E-state index contributed by atoms with van der Waals surface area (Å²) in [4.78, 5) is 11.6. The number of hydrogen-bond donors (Lipinski definition) is 2. The third-order valence-electron chi connectivity index (χ3n) is 2.85. The zero-order valence-corrected chi connectivity index (χ0v) is 11.3. The van der Waals surface area contributed by atoms with Gasteiger partial charge in [-0.1, -0.05) is 13.8 Å². The van der Waals surface area contributed by atoms with Crippen LogP contribution in [-0.4, -0.2) is 37.7 Å². The van der Waals surface area contributed by atoms with Crippen molar-refractivity contribution < 1.29 is 9.53 Å². The number of carbonyl (C=O) groups is 1. The van der Waals surface area contributed by atoms with E-state index in [4.69, 9.17) is 4.74 Å². The summed E-state index contributed by atoms with van der Waals surface area (Å²) < 4.78 is 5.47. The van der Waals surface area contributed by atoms with Crippen LogP contribution in [0, 0.1) is 5.92 Å². The molecule has 1 atom stereocenters. The van der Waals surface area contributed by atoms with E-state index >= 15 is 0 Å². The summed E-state index contributed by atoms with van der Waals surface area (Å²) in [5.74, 6) is 0.792. The Morgan fingerprint density at radius 3 is 2.59 bits per heavy atom. The molecular formula is C13H26N2O2. The highest BCUT2D eigenvalue weighted by molar-refractivity contribution is 5.81. The van der Waals surface area contributed by atoms with E-state index in [2.05, 4.69) is 24.5 Å². The Morgan fingerprint density at radius 2 is 2.00 bits per heavy atom. The van der Waals surface area contributed by atoms with Gasteiger partial charge in [0.2, 0.25) is 5.91 Å². The molecule has 1 fully saturated rings. The van der Waals surface area contributed by atoms with Gasteiger partial charge in [0.05, 0.1) is 12.6 Å². The van der Waals surface area contributed by atoms with E-state index in [0.717, 1.165) is 32.4 Å². The summed E-state index contributed by atoms with van der Waals surface area (Å²) in [6.45, 7) is 8.48. The Morgan fingerprint density at radius 1 is 1.29 bits per heavy atom. The molecule has 0 saturated heterocycles. The van der Waals surface area contributed by atoms with Crippen LogP contribution in [0.1, 0.15) is 40.0 Å². The lowest BCUT2D eigenvalue weighted by Crippen LogP contribution is -2.44. The van der Waals surface area contributed by atoms with E-state index in [-0.39, 0.29) is 11.9 Å². The van der Waals surface area contributed by atoms with Crippen LogP contribution in [0.3, 0.4) is 0 Å². The Balaban J connectivity index is 1.92. The summed E-state index contributed by atoms with van der Waals surface area (Å²) in [7, 11) is 0. The van der Waals surface area contributed by atoms with Crippen LogP contribution in [0.4, 0.5) is 0 Å². The minimum Gasteiger partial charge on any atom is -0.380 e. The van der Waals surface area contributed by atoms with Crippen LogP contribution in [-0.2, 0) is 9.53 Å². The van der Waals surface area contributed by atoms with Gasteiger partial charge in [-0.05, 0) is 32.1 Å². The molecule has 0 radical (unpaired) electrons. The molecule has 1 amide bonds. The second-order valence-corrected chi connectivity index (χ2v) is 5.25. The molecule has 1 aliphatic carbocycles. The smallest absolute Gasteiger partial charge is 0.237 e. The number of rotatable bonds is 9. The average Bonchev–Trinajstić information content (AvgIpc) is 3.06. The molecule has 0 heterocycles. The Labute approximate surface area is 104 Å². The molecule has 0 aromatic carbocycles. The maximum atomic E-state index is 11.6. The molecule has 100 valence electrons. The monoisotopic (exact) mass is 242 g/mol. The zero-order valence-electron chi connectivity index (χ0n) is 11.3. The van der Waals surface area contributed by atoms with Crippen molar-refractivity contribution in [3.8, 4) is 0 Å². The molecule has 0 aliphatic heterocycles. The van der Waals surface area contributed by atoms with Crippen molar-refractivity contribution >= 4 is 5.91 Å². The first-order valence-electron chi connectivity index (χ1n) is 6.71. The van der Waals surface area contributed by atoms with Gasteiger partial charge in [0, 0.05) is 19.2 Å². The number of nitrogens with one attached hydrogen (secondary N) is 2. The van der Waals surface area contributed by atoms with Crippen molar-refractivity contribution in [2.75, 3.05) is 19.8 Å². The second-order valence-electron chi connectivity index (χ2n) is 5.25. The minimum absolute atomic E-state index is 0.106. The number of ether oxygens (including phenoxy) is 1. The van der Waals surface area contributed by atoms with Crippen LogP contribution in [0.5, 0.6) is 0 Å². The fourth-order valence-electron chi connectivity index (χ4n) is 1.42. The van der Waals surface area contributed by atoms with Crippen molar-refractivity contribution in [2.24, 2.45) is 5.92 Å². The van der Waals surface area contributed by atoms with Crippen molar-refractivity contribution in [3.05, 3.63) is 0 Å². The normalized spacial score (nSPS) is 17.2. The molecule has 0 aromatic heterocycles. The quantitative estimate of drug-likeness (QED) is 0.599. The molecule has 0 spiro atoms. The molecule has 0 bridgehead atoms.